The van der Waals surface area contributed by atoms with Crippen LogP contribution < -0.4 is 5.32 Å². The zero-order chi connectivity index (χ0) is 33.8. The summed E-state index contributed by atoms with van der Waals surface area (Å²) in [5.74, 6) is -0.142. The van der Waals surface area contributed by atoms with E-state index in [4.69, 9.17) is 0 Å². The second-order valence-electron chi connectivity index (χ2n) is 14.6. The molecule has 0 spiro atoms. The lowest BCUT2D eigenvalue weighted by molar-refractivity contribution is -0.124. The van der Waals surface area contributed by atoms with E-state index in [1.165, 1.54) is 167 Å². The minimum absolute atomic E-state index is 0.142. The molecule has 276 valence electrons. The number of amides is 1. The Hall–Kier alpha value is -0.650. The third-order valence-corrected chi connectivity index (χ3v) is 9.96. The van der Waals surface area contributed by atoms with Crippen LogP contribution in [0, 0.1) is 0 Å². The summed E-state index contributed by atoms with van der Waals surface area (Å²) in [5, 5.41) is 33.3. The predicted molar refractivity (Wildman–Crippen MR) is 199 cm³/mol. The van der Waals surface area contributed by atoms with Gasteiger partial charge in [-0.05, 0) is 12.8 Å². The Bertz CT molecular complexity index is 601. The first-order chi connectivity index (χ1) is 22.6. The summed E-state index contributed by atoms with van der Waals surface area (Å²) in [5.41, 5.74) is 0. The third-order valence-electron chi connectivity index (χ3n) is 9.96. The topological polar surface area (TPSA) is 89.8 Å². The summed E-state index contributed by atoms with van der Waals surface area (Å²) in [6.45, 7) is 4.15. The molecule has 0 aromatic heterocycles. The van der Waals surface area contributed by atoms with Gasteiger partial charge in [0.15, 0.2) is 0 Å². The van der Waals surface area contributed by atoms with Gasteiger partial charge in [0.1, 0.15) is 6.10 Å². The fourth-order valence-electron chi connectivity index (χ4n) is 6.69. The molecule has 0 heterocycles. The van der Waals surface area contributed by atoms with Crippen molar-refractivity contribution in [1.29, 1.82) is 0 Å². The smallest absolute Gasteiger partial charge is 0.220 e. The van der Waals surface area contributed by atoms with Crippen LogP contribution in [-0.2, 0) is 4.79 Å². The molecule has 0 aliphatic carbocycles. The van der Waals surface area contributed by atoms with E-state index in [1.807, 2.05) is 0 Å². The SMILES string of the molecule is CCCCCCCCCCCCCCCCCCCCCCCCCCC(=O)NC(CO)C(O)C(O)CCCCCCCCCC. The van der Waals surface area contributed by atoms with Crippen molar-refractivity contribution in [2.45, 2.75) is 250 Å². The number of aliphatic hydroxyl groups excluding tert-OH is 3. The van der Waals surface area contributed by atoms with Gasteiger partial charge in [-0.2, -0.15) is 0 Å². The number of carbonyl (C=O) groups is 1. The summed E-state index contributed by atoms with van der Waals surface area (Å²) in [6.07, 6.45) is 40.8. The maximum Gasteiger partial charge on any atom is 0.220 e. The van der Waals surface area contributed by atoms with Gasteiger partial charge in [0.25, 0.3) is 0 Å². The van der Waals surface area contributed by atoms with Gasteiger partial charge in [0.05, 0.1) is 18.8 Å². The molecular formula is C41H83NO4. The molecule has 5 heteroatoms. The Morgan fingerprint density at radius 1 is 0.457 bits per heavy atom. The van der Waals surface area contributed by atoms with E-state index in [2.05, 4.69) is 19.2 Å². The van der Waals surface area contributed by atoms with Gasteiger partial charge >= 0.3 is 0 Å². The Kier molecular flexibility index (Phi) is 36.6. The molecule has 0 fully saturated rings. The Morgan fingerprint density at radius 2 is 0.739 bits per heavy atom. The lowest BCUT2D eigenvalue weighted by Crippen LogP contribution is -2.50. The zero-order valence-electron chi connectivity index (χ0n) is 31.2. The number of carbonyl (C=O) groups excluding carboxylic acids is 1. The standard InChI is InChI=1S/C41H83NO4/c1-3-5-7-9-11-13-14-15-16-17-18-19-20-21-22-23-24-25-26-27-28-30-32-34-36-40(45)42-38(37-43)41(46)39(44)35-33-31-29-12-10-8-6-4-2/h38-39,41,43-44,46H,3-37H2,1-2H3,(H,42,45). The van der Waals surface area contributed by atoms with E-state index >= 15 is 0 Å². The molecule has 0 aromatic rings. The molecule has 0 bridgehead atoms. The third kappa shape index (κ3) is 31.9. The molecule has 0 aliphatic heterocycles. The van der Waals surface area contributed by atoms with Gasteiger partial charge in [-0.15, -0.1) is 0 Å². The number of hydrogen-bond acceptors (Lipinski definition) is 4. The van der Waals surface area contributed by atoms with Crippen molar-refractivity contribution in [3.63, 3.8) is 0 Å². The predicted octanol–water partition coefficient (Wildman–Crippen LogP) is 11.5. The molecule has 0 rings (SSSR count). The first kappa shape index (κ1) is 45.3. The maximum atomic E-state index is 12.4. The summed E-state index contributed by atoms with van der Waals surface area (Å²) < 4.78 is 0. The van der Waals surface area contributed by atoms with Crippen molar-refractivity contribution in [1.82, 2.24) is 5.32 Å². The summed E-state index contributed by atoms with van der Waals surface area (Å²) in [7, 11) is 0. The van der Waals surface area contributed by atoms with Crippen LogP contribution in [0.15, 0.2) is 0 Å². The van der Waals surface area contributed by atoms with Crippen molar-refractivity contribution in [3.05, 3.63) is 0 Å². The van der Waals surface area contributed by atoms with Crippen molar-refractivity contribution in [3.8, 4) is 0 Å². The van der Waals surface area contributed by atoms with Crippen LogP contribution in [0.2, 0.25) is 0 Å². The number of hydrogen-bond donors (Lipinski definition) is 4. The molecule has 0 saturated carbocycles. The average Bonchev–Trinajstić information content (AvgIpc) is 3.06. The molecule has 0 radical (unpaired) electrons. The number of unbranched alkanes of at least 4 members (excludes halogenated alkanes) is 30. The summed E-state index contributed by atoms with van der Waals surface area (Å²) in [4.78, 5) is 12.4. The summed E-state index contributed by atoms with van der Waals surface area (Å²) >= 11 is 0. The number of rotatable bonds is 38. The molecule has 1 amide bonds. The van der Waals surface area contributed by atoms with Crippen LogP contribution in [0.5, 0.6) is 0 Å². The normalized spacial score (nSPS) is 13.6. The molecule has 3 unspecified atom stereocenters. The van der Waals surface area contributed by atoms with E-state index in [1.54, 1.807) is 0 Å². The summed E-state index contributed by atoms with van der Waals surface area (Å²) in [6, 6.07) is -0.800. The van der Waals surface area contributed by atoms with E-state index in [-0.39, 0.29) is 12.5 Å². The van der Waals surface area contributed by atoms with E-state index in [9.17, 15) is 20.1 Å². The van der Waals surface area contributed by atoms with E-state index in [0.29, 0.717) is 12.8 Å². The second kappa shape index (κ2) is 37.2. The lowest BCUT2D eigenvalue weighted by atomic mass is 9.99. The van der Waals surface area contributed by atoms with Crippen LogP contribution in [-0.4, -0.2) is 46.1 Å². The van der Waals surface area contributed by atoms with Gasteiger partial charge in [0.2, 0.25) is 5.91 Å². The minimum Gasteiger partial charge on any atom is -0.394 e. The highest BCUT2D eigenvalue weighted by atomic mass is 16.3. The number of aliphatic hydroxyl groups is 3. The largest absolute Gasteiger partial charge is 0.394 e. The van der Waals surface area contributed by atoms with Gasteiger partial charge in [-0.25, -0.2) is 0 Å². The van der Waals surface area contributed by atoms with Crippen LogP contribution in [0.3, 0.4) is 0 Å². The molecule has 0 saturated heterocycles. The maximum absolute atomic E-state index is 12.4. The molecule has 0 aliphatic rings. The molecule has 4 N–H and O–H groups in total. The zero-order valence-corrected chi connectivity index (χ0v) is 31.2. The Balaban J connectivity index is 3.49. The fraction of sp³-hybridized carbons (Fsp3) is 0.976. The highest BCUT2D eigenvalue weighted by Gasteiger charge is 2.26. The van der Waals surface area contributed by atoms with Gasteiger partial charge in [-0.1, -0.05) is 213 Å². The Labute approximate surface area is 287 Å². The average molecular weight is 654 g/mol. The number of nitrogens with one attached hydrogen (secondary N) is 1. The highest BCUT2D eigenvalue weighted by Crippen LogP contribution is 2.17. The first-order valence-corrected chi connectivity index (χ1v) is 20.8. The van der Waals surface area contributed by atoms with Gasteiger partial charge in [0, 0.05) is 6.42 Å². The molecule has 5 nitrogen and oxygen atoms in total. The van der Waals surface area contributed by atoms with Crippen LogP contribution in [0.1, 0.15) is 232 Å². The first-order valence-electron chi connectivity index (χ1n) is 20.8. The highest BCUT2D eigenvalue weighted by molar-refractivity contribution is 5.76. The fourth-order valence-corrected chi connectivity index (χ4v) is 6.69. The van der Waals surface area contributed by atoms with Crippen LogP contribution in [0.4, 0.5) is 0 Å². The molecule has 0 aromatic carbocycles. The quantitative estimate of drug-likeness (QED) is 0.0499. The van der Waals surface area contributed by atoms with Gasteiger partial charge < -0.3 is 20.6 Å². The van der Waals surface area contributed by atoms with Crippen LogP contribution in [0.25, 0.3) is 0 Å². The van der Waals surface area contributed by atoms with Crippen molar-refractivity contribution < 1.29 is 20.1 Å². The Morgan fingerprint density at radius 3 is 1.04 bits per heavy atom. The molecule has 3 atom stereocenters. The van der Waals surface area contributed by atoms with Crippen molar-refractivity contribution in [2.24, 2.45) is 0 Å². The lowest BCUT2D eigenvalue weighted by Gasteiger charge is -2.26. The molecule has 46 heavy (non-hydrogen) atoms. The van der Waals surface area contributed by atoms with E-state index in [0.717, 1.165) is 38.5 Å². The monoisotopic (exact) mass is 654 g/mol. The minimum atomic E-state index is -1.13. The van der Waals surface area contributed by atoms with Crippen LogP contribution >= 0.6 is 0 Å². The van der Waals surface area contributed by atoms with Gasteiger partial charge in [-0.3, -0.25) is 4.79 Å². The van der Waals surface area contributed by atoms with Crippen molar-refractivity contribution >= 4 is 5.91 Å². The second-order valence-corrected chi connectivity index (χ2v) is 14.6. The van der Waals surface area contributed by atoms with Crippen molar-refractivity contribution in [2.75, 3.05) is 6.61 Å². The molecular weight excluding hydrogens is 570 g/mol. The van der Waals surface area contributed by atoms with E-state index < -0.39 is 18.2 Å².